The molecule has 112 valence electrons. The molecule has 1 saturated carbocycles. The number of aliphatic hydroxyl groups excluding tert-OH is 1. The standard InChI is InChI=1S/C18H22FNO/c1-13-11-20(16-9-7-15(19)8-10-16)12-17(13)18(21)14-5-3-2-4-6-14/h7-12,14,18,21H,2-6H2,1H3. The van der Waals surface area contributed by atoms with Crippen LogP contribution in [0.1, 0.15) is 49.3 Å². The van der Waals surface area contributed by atoms with Crippen LogP contribution in [0.2, 0.25) is 0 Å². The van der Waals surface area contributed by atoms with E-state index in [-0.39, 0.29) is 11.9 Å². The molecule has 21 heavy (non-hydrogen) atoms. The topological polar surface area (TPSA) is 25.2 Å². The van der Waals surface area contributed by atoms with Gasteiger partial charge < -0.3 is 9.67 Å². The lowest BCUT2D eigenvalue weighted by atomic mass is 9.83. The van der Waals surface area contributed by atoms with Crippen molar-refractivity contribution in [2.75, 3.05) is 0 Å². The molecule has 1 N–H and O–H groups in total. The highest BCUT2D eigenvalue weighted by Gasteiger charge is 2.25. The predicted molar refractivity (Wildman–Crippen MR) is 82.0 cm³/mol. The van der Waals surface area contributed by atoms with E-state index in [1.54, 1.807) is 12.1 Å². The first-order valence-electron chi connectivity index (χ1n) is 7.77. The number of rotatable bonds is 3. The molecule has 0 spiro atoms. The van der Waals surface area contributed by atoms with Gasteiger partial charge in [0.1, 0.15) is 5.82 Å². The summed E-state index contributed by atoms with van der Waals surface area (Å²) >= 11 is 0. The predicted octanol–water partition coefficient (Wildman–Crippen LogP) is 4.54. The quantitative estimate of drug-likeness (QED) is 0.881. The van der Waals surface area contributed by atoms with E-state index in [4.69, 9.17) is 0 Å². The molecule has 1 fully saturated rings. The molecule has 3 heteroatoms. The summed E-state index contributed by atoms with van der Waals surface area (Å²) in [4.78, 5) is 0. The average molecular weight is 287 g/mol. The van der Waals surface area contributed by atoms with Crippen molar-refractivity contribution >= 4 is 0 Å². The van der Waals surface area contributed by atoms with Gasteiger partial charge in [0, 0.05) is 23.6 Å². The number of aryl methyl sites for hydroxylation is 1. The van der Waals surface area contributed by atoms with E-state index in [1.165, 1.54) is 31.4 Å². The number of halogens is 1. The Kier molecular flexibility index (Phi) is 4.11. The van der Waals surface area contributed by atoms with Crippen molar-refractivity contribution in [3.8, 4) is 5.69 Å². The molecule has 1 aliphatic rings. The highest BCUT2D eigenvalue weighted by molar-refractivity contribution is 5.37. The molecule has 2 aromatic rings. The van der Waals surface area contributed by atoms with E-state index in [2.05, 4.69) is 0 Å². The summed E-state index contributed by atoms with van der Waals surface area (Å²) in [5.41, 5.74) is 3.02. The summed E-state index contributed by atoms with van der Waals surface area (Å²) in [5, 5.41) is 10.7. The molecule has 0 aliphatic heterocycles. The molecule has 1 aromatic carbocycles. The highest BCUT2D eigenvalue weighted by atomic mass is 19.1. The normalized spacial score (nSPS) is 17.9. The molecule has 0 amide bonds. The van der Waals surface area contributed by atoms with Crippen molar-refractivity contribution in [3.05, 3.63) is 53.6 Å². The number of aliphatic hydroxyl groups is 1. The molecule has 0 saturated heterocycles. The van der Waals surface area contributed by atoms with E-state index >= 15 is 0 Å². The van der Waals surface area contributed by atoms with Crippen molar-refractivity contribution in [3.63, 3.8) is 0 Å². The van der Waals surface area contributed by atoms with E-state index in [0.717, 1.165) is 29.7 Å². The van der Waals surface area contributed by atoms with Gasteiger partial charge in [-0.25, -0.2) is 4.39 Å². The maximum atomic E-state index is 13.0. The SMILES string of the molecule is Cc1cn(-c2ccc(F)cc2)cc1C(O)C1CCCCC1. The van der Waals surface area contributed by atoms with Crippen LogP contribution in [-0.4, -0.2) is 9.67 Å². The van der Waals surface area contributed by atoms with Gasteiger partial charge in [0.25, 0.3) is 0 Å². The van der Waals surface area contributed by atoms with Crippen LogP contribution in [0.25, 0.3) is 5.69 Å². The Morgan fingerprint density at radius 1 is 1.10 bits per heavy atom. The first-order chi connectivity index (χ1) is 10.1. The lowest BCUT2D eigenvalue weighted by Crippen LogP contribution is -2.16. The van der Waals surface area contributed by atoms with Gasteiger partial charge in [-0.2, -0.15) is 0 Å². The van der Waals surface area contributed by atoms with Gasteiger partial charge in [-0.1, -0.05) is 19.3 Å². The molecule has 0 radical (unpaired) electrons. The number of benzene rings is 1. The largest absolute Gasteiger partial charge is 0.388 e. The van der Waals surface area contributed by atoms with Crippen molar-refractivity contribution < 1.29 is 9.50 Å². The zero-order valence-corrected chi connectivity index (χ0v) is 12.4. The number of hydrogen-bond donors (Lipinski definition) is 1. The van der Waals surface area contributed by atoms with E-state index in [1.807, 2.05) is 23.9 Å². The second-order valence-electron chi connectivity index (χ2n) is 6.12. The third-order valence-electron chi connectivity index (χ3n) is 4.61. The highest BCUT2D eigenvalue weighted by Crippen LogP contribution is 2.36. The minimum Gasteiger partial charge on any atom is -0.388 e. The molecule has 0 bridgehead atoms. The monoisotopic (exact) mass is 287 g/mol. The first kappa shape index (κ1) is 14.3. The third kappa shape index (κ3) is 3.03. The van der Waals surface area contributed by atoms with Gasteiger partial charge in [-0.3, -0.25) is 0 Å². The molecule has 1 unspecified atom stereocenters. The van der Waals surface area contributed by atoms with Gasteiger partial charge in [0.2, 0.25) is 0 Å². The van der Waals surface area contributed by atoms with Crippen molar-refractivity contribution in [1.82, 2.24) is 4.57 Å². The maximum absolute atomic E-state index is 13.0. The Labute approximate surface area is 125 Å². The summed E-state index contributed by atoms with van der Waals surface area (Å²) in [7, 11) is 0. The van der Waals surface area contributed by atoms with Crippen LogP contribution in [0, 0.1) is 18.7 Å². The lowest BCUT2D eigenvalue weighted by molar-refractivity contribution is 0.0844. The second kappa shape index (κ2) is 6.02. The van der Waals surface area contributed by atoms with Crippen LogP contribution in [0.15, 0.2) is 36.7 Å². The number of aromatic nitrogens is 1. The maximum Gasteiger partial charge on any atom is 0.123 e. The van der Waals surface area contributed by atoms with Crippen LogP contribution >= 0.6 is 0 Å². The summed E-state index contributed by atoms with van der Waals surface area (Å²) in [6.07, 6.45) is 9.57. The lowest BCUT2D eigenvalue weighted by Gasteiger charge is -2.26. The smallest absolute Gasteiger partial charge is 0.123 e. The fraction of sp³-hybridized carbons (Fsp3) is 0.444. The van der Waals surface area contributed by atoms with Gasteiger partial charge in [0.05, 0.1) is 6.10 Å². The fourth-order valence-electron chi connectivity index (χ4n) is 3.35. The Morgan fingerprint density at radius 2 is 1.76 bits per heavy atom. The average Bonchev–Trinajstić information content (AvgIpc) is 2.90. The van der Waals surface area contributed by atoms with E-state index in [0.29, 0.717) is 5.92 Å². The minimum atomic E-state index is -0.382. The summed E-state index contributed by atoms with van der Waals surface area (Å²) < 4.78 is 15.0. The molecule has 1 aliphatic carbocycles. The van der Waals surface area contributed by atoms with E-state index < -0.39 is 0 Å². The van der Waals surface area contributed by atoms with Crippen LogP contribution in [-0.2, 0) is 0 Å². The molecular weight excluding hydrogens is 265 g/mol. The van der Waals surface area contributed by atoms with Crippen LogP contribution in [0.5, 0.6) is 0 Å². The van der Waals surface area contributed by atoms with Crippen molar-refractivity contribution in [2.45, 2.75) is 45.1 Å². The minimum absolute atomic E-state index is 0.231. The van der Waals surface area contributed by atoms with E-state index in [9.17, 15) is 9.50 Å². The van der Waals surface area contributed by atoms with Crippen LogP contribution < -0.4 is 0 Å². The summed E-state index contributed by atoms with van der Waals surface area (Å²) in [6.45, 7) is 2.03. The third-order valence-corrected chi connectivity index (χ3v) is 4.61. The summed E-state index contributed by atoms with van der Waals surface area (Å²) in [5.74, 6) is 0.145. The molecule has 1 heterocycles. The number of nitrogens with zero attached hydrogens (tertiary/aromatic N) is 1. The Bertz CT molecular complexity index is 596. The Morgan fingerprint density at radius 3 is 2.43 bits per heavy atom. The van der Waals surface area contributed by atoms with Gasteiger partial charge in [-0.15, -0.1) is 0 Å². The zero-order valence-electron chi connectivity index (χ0n) is 12.4. The second-order valence-corrected chi connectivity index (χ2v) is 6.12. The van der Waals surface area contributed by atoms with Crippen LogP contribution in [0.4, 0.5) is 4.39 Å². The molecule has 1 atom stereocenters. The van der Waals surface area contributed by atoms with Gasteiger partial charge in [0.15, 0.2) is 0 Å². The fourth-order valence-corrected chi connectivity index (χ4v) is 3.35. The molecule has 3 rings (SSSR count). The number of hydrogen-bond acceptors (Lipinski definition) is 1. The van der Waals surface area contributed by atoms with Crippen molar-refractivity contribution in [1.29, 1.82) is 0 Å². The van der Waals surface area contributed by atoms with Crippen molar-refractivity contribution in [2.24, 2.45) is 5.92 Å². The van der Waals surface area contributed by atoms with Gasteiger partial charge >= 0.3 is 0 Å². The van der Waals surface area contributed by atoms with Gasteiger partial charge in [-0.05, 0) is 55.5 Å². The molecule has 1 aromatic heterocycles. The van der Waals surface area contributed by atoms with Crippen LogP contribution in [0.3, 0.4) is 0 Å². The molecular formula is C18H22FNO. The zero-order chi connectivity index (χ0) is 14.8. The first-order valence-corrected chi connectivity index (χ1v) is 7.77. The Balaban J connectivity index is 1.85. The Hall–Kier alpha value is -1.61. The molecule has 2 nitrogen and oxygen atoms in total. The summed E-state index contributed by atoms with van der Waals surface area (Å²) in [6, 6.07) is 6.43.